The van der Waals surface area contributed by atoms with Gasteiger partial charge < -0.3 is 25.7 Å². The van der Waals surface area contributed by atoms with Crippen molar-refractivity contribution in [3.05, 3.63) is 72.9 Å². The molecule has 4 aromatic rings. The van der Waals surface area contributed by atoms with Gasteiger partial charge in [0.2, 0.25) is 5.91 Å². The van der Waals surface area contributed by atoms with E-state index in [0.717, 1.165) is 50.0 Å². The number of piperidine rings is 1. The van der Waals surface area contributed by atoms with Gasteiger partial charge in [0.15, 0.2) is 5.76 Å². The molecular weight excluding hydrogens is 492 g/mol. The van der Waals surface area contributed by atoms with Gasteiger partial charge in [0.05, 0.1) is 11.9 Å². The van der Waals surface area contributed by atoms with Crippen molar-refractivity contribution in [1.82, 2.24) is 25.1 Å². The van der Waals surface area contributed by atoms with E-state index in [4.69, 9.17) is 10.2 Å². The monoisotopic (exact) mass is 526 g/mol. The fraction of sp³-hybridized carbons (Fsp3) is 0.379. The summed E-state index contributed by atoms with van der Waals surface area (Å²) in [7, 11) is 0. The van der Waals surface area contributed by atoms with E-state index in [2.05, 4.69) is 54.9 Å². The number of oxazole rings is 1. The second-order valence-electron chi connectivity index (χ2n) is 10.4. The zero-order valence-corrected chi connectivity index (χ0v) is 21.9. The maximum Gasteiger partial charge on any atom is 0.295 e. The normalized spacial score (nSPS) is 21.5. The third kappa shape index (κ3) is 5.80. The summed E-state index contributed by atoms with van der Waals surface area (Å²) in [5, 5.41) is 11.7. The van der Waals surface area contributed by atoms with Gasteiger partial charge in [-0.15, -0.1) is 0 Å². The van der Waals surface area contributed by atoms with E-state index in [1.165, 1.54) is 18.5 Å². The first-order valence-electron chi connectivity index (χ1n) is 13.7. The lowest BCUT2D eigenvalue weighted by atomic mass is 9.89. The molecular formula is C29H34N8O2. The molecule has 1 aliphatic heterocycles. The Labute approximate surface area is 227 Å². The van der Waals surface area contributed by atoms with Crippen molar-refractivity contribution in [1.29, 1.82) is 0 Å². The zero-order chi connectivity index (χ0) is 26.6. The van der Waals surface area contributed by atoms with Crippen molar-refractivity contribution in [3.8, 4) is 17.0 Å². The van der Waals surface area contributed by atoms with Crippen molar-refractivity contribution >= 4 is 17.6 Å². The maximum atomic E-state index is 11.6. The molecule has 2 aliphatic rings. The van der Waals surface area contributed by atoms with E-state index in [1.54, 1.807) is 41.7 Å². The highest BCUT2D eigenvalue weighted by Gasteiger charge is 2.30. The molecule has 202 valence electrons. The summed E-state index contributed by atoms with van der Waals surface area (Å²) >= 11 is 0. The number of rotatable bonds is 8. The van der Waals surface area contributed by atoms with Gasteiger partial charge in [-0.05, 0) is 62.1 Å². The Hall–Kier alpha value is -4.18. The van der Waals surface area contributed by atoms with Crippen LogP contribution in [0.25, 0.3) is 17.0 Å². The number of benzene rings is 2. The van der Waals surface area contributed by atoms with Crippen LogP contribution in [0.4, 0.5) is 11.7 Å². The SMILES string of the molecule is NC(=O)c1cccc(-c2cnc(N[C@@H]3CCCCC3N[C@H]3CCCN(c4ccc(-n5cncn5)cc4)C3)o2)c1. The number of carbonyl (C=O) groups excluding carboxylic acids is 1. The summed E-state index contributed by atoms with van der Waals surface area (Å²) in [5.74, 6) is 0.148. The Balaban J connectivity index is 1.09. The van der Waals surface area contributed by atoms with E-state index < -0.39 is 5.91 Å². The molecule has 1 aliphatic carbocycles. The second kappa shape index (κ2) is 11.3. The van der Waals surface area contributed by atoms with Gasteiger partial charge in [-0.3, -0.25) is 4.79 Å². The number of nitrogens with one attached hydrogen (secondary N) is 2. The minimum atomic E-state index is -0.462. The summed E-state index contributed by atoms with van der Waals surface area (Å²) < 4.78 is 7.81. The largest absolute Gasteiger partial charge is 0.424 e. The predicted molar refractivity (Wildman–Crippen MR) is 150 cm³/mol. The van der Waals surface area contributed by atoms with Crippen molar-refractivity contribution < 1.29 is 9.21 Å². The number of hydrogen-bond donors (Lipinski definition) is 3. The van der Waals surface area contributed by atoms with Gasteiger partial charge in [0.1, 0.15) is 12.7 Å². The lowest BCUT2D eigenvalue weighted by molar-refractivity contribution is 0.100. The fourth-order valence-electron chi connectivity index (χ4n) is 5.77. The van der Waals surface area contributed by atoms with Crippen molar-refractivity contribution in [2.75, 3.05) is 23.3 Å². The highest BCUT2D eigenvalue weighted by atomic mass is 16.4. The van der Waals surface area contributed by atoms with E-state index >= 15 is 0 Å². The minimum absolute atomic E-state index is 0.236. The molecule has 3 heterocycles. The van der Waals surface area contributed by atoms with E-state index in [9.17, 15) is 4.79 Å². The quantitative estimate of drug-likeness (QED) is 0.314. The van der Waals surface area contributed by atoms with Crippen molar-refractivity contribution in [3.63, 3.8) is 0 Å². The van der Waals surface area contributed by atoms with Crippen molar-refractivity contribution in [2.24, 2.45) is 5.73 Å². The number of amides is 1. The molecule has 0 bridgehead atoms. The van der Waals surface area contributed by atoms with Gasteiger partial charge in [-0.1, -0.05) is 25.0 Å². The lowest BCUT2D eigenvalue weighted by Crippen LogP contribution is -2.54. The van der Waals surface area contributed by atoms with E-state index in [0.29, 0.717) is 29.4 Å². The number of anilines is 2. The topological polar surface area (TPSA) is 127 Å². The number of primary amides is 1. The number of hydrogen-bond acceptors (Lipinski definition) is 8. The Bertz CT molecular complexity index is 1380. The van der Waals surface area contributed by atoms with Gasteiger partial charge in [-0.25, -0.2) is 14.6 Å². The molecule has 39 heavy (non-hydrogen) atoms. The first kappa shape index (κ1) is 25.1. The summed E-state index contributed by atoms with van der Waals surface area (Å²) in [4.78, 5) is 22.5. The van der Waals surface area contributed by atoms with Crippen LogP contribution in [0.15, 0.2) is 71.8 Å². The fourth-order valence-corrected chi connectivity index (χ4v) is 5.77. The Morgan fingerprint density at radius 1 is 1.00 bits per heavy atom. The Kier molecular flexibility index (Phi) is 7.27. The molecule has 4 N–H and O–H groups in total. The van der Waals surface area contributed by atoms with Crippen LogP contribution in [0.2, 0.25) is 0 Å². The average Bonchev–Trinajstić information content (AvgIpc) is 3.68. The molecule has 10 nitrogen and oxygen atoms in total. The van der Waals surface area contributed by atoms with E-state index in [-0.39, 0.29) is 6.04 Å². The van der Waals surface area contributed by atoms with Crippen LogP contribution in [-0.4, -0.2) is 56.9 Å². The van der Waals surface area contributed by atoms with Crippen LogP contribution in [0, 0.1) is 0 Å². The number of aromatic nitrogens is 4. The molecule has 10 heteroatoms. The lowest BCUT2D eigenvalue weighted by Gasteiger charge is -2.40. The van der Waals surface area contributed by atoms with Crippen LogP contribution in [0.3, 0.4) is 0 Å². The summed E-state index contributed by atoms with van der Waals surface area (Å²) in [6, 6.07) is 17.1. The standard InChI is InChI=1S/C29H34N8O2/c30-28(38)21-6-3-5-20(15-21)27-16-32-29(39-27)35-26-9-2-1-8-25(26)34-22-7-4-14-36(17-22)23-10-12-24(13-11-23)37-19-31-18-33-37/h3,5-6,10-13,15-16,18-19,22,25-26,34H,1-2,4,7-9,14,17H2,(H2,30,38)(H,32,35)/t22-,25?,26+/m0/s1. The van der Waals surface area contributed by atoms with E-state index in [1.807, 2.05) is 6.07 Å². The van der Waals surface area contributed by atoms with Crippen LogP contribution in [0.1, 0.15) is 48.9 Å². The zero-order valence-electron chi connectivity index (χ0n) is 21.9. The van der Waals surface area contributed by atoms with Gasteiger partial charge in [-0.2, -0.15) is 5.10 Å². The molecule has 3 atom stereocenters. The average molecular weight is 527 g/mol. The molecule has 1 saturated heterocycles. The third-order valence-corrected chi connectivity index (χ3v) is 7.78. The molecule has 1 saturated carbocycles. The third-order valence-electron chi connectivity index (χ3n) is 7.78. The summed E-state index contributed by atoms with van der Waals surface area (Å²) in [6.07, 6.45) is 11.9. The molecule has 1 unspecified atom stereocenters. The summed E-state index contributed by atoms with van der Waals surface area (Å²) in [5.41, 5.74) is 8.90. The predicted octanol–water partition coefficient (Wildman–Crippen LogP) is 4.00. The molecule has 1 amide bonds. The molecule has 2 aromatic heterocycles. The van der Waals surface area contributed by atoms with Crippen LogP contribution < -0.4 is 21.3 Å². The number of nitrogens with zero attached hydrogens (tertiary/aromatic N) is 5. The number of nitrogens with two attached hydrogens (primary N) is 1. The van der Waals surface area contributed by atoms with Gasteiger partial charge in [0.25, 0.3) is 6.01 Å². The molecule has 0 spiro atoms. The van der Waals surface area contributed by atoms with Crippen LogP contribution >= 0.6 is 0 Å². The molecule has 0 radical (unpaired) electrons. The Morgan fingerprint density at radius 3 is 2.62 bits per heavy atom. The minimum Gasteiger partial charge on any atom is -0.424 e. The second-order valence-corrected chi connectivity index (χ2v) is 10.4. The molecule has 2 aromatic carbocycles. The number of carbonyl (C=O) groups is 1. The van der Waals surface area contributed by atoms with Crippen molar-refractivity contribution in [2.45, 2.75) is 56.7 Å². The highest BCUT2D eigenvalue weighted by molar-refractivity contribution is 5.93. The smallest absolute Gasteiger partial charge is 0.295 e. The Morgan fingerprint density at radius 2 is 1.82 bits per heavy atom. The van der Waals surface area contributed by atoms with Gasteiger partial charge >= 0.3 is 0 Å². The first-order chi connectivity index (χ1) is 19.1. The maximum absolute atomic E-state index is 11.6. The van der Waals surface area contributed by atoms with Gasteiger partial charge in [0, 0.05) is 48.0 Å². The summed E-state index contributed by atoms with van der Waals surface area (Å²) in [6.45, 7) is 2.04. The highest BCUT2D eigenvalue weighted by Crippen LogP contribution is 2.28. The molecule has 6 rings (SSSR count). The first-order valence-corrected chi connectivity index (χ1v) is 13.7. The molecule has 2 fully saturated rings. The van der Waals surface area contributed by atoms with Crippen LogP contribution in [0.5, 0.6) is 0 Å². The van der Waals surface area contributed by atoms with Crippen LogP contribution in [-0.2, 0) is 0 Å².